The van der Waals surface area contributed by atoms with Gasteiger partial charge in [-0.15, -0.1) is 0 Å². The molecule has 1 aromatic rings. The summed E-state index contributed by atoms with van der Waals surface area (Å²) in [6, 6.07) is 7.45. The van der Waals surface area contributed by atoms with Crippen LogP contribution in [0.3, 0.4) is 0 Å². The van der Waals surface area contributed by atoms with Gasteiger partial charge in [0.15, 0.2) is 0 Å². The molecule has 0 fully saturated rings. The van der Waals surface area contributed by atoms with Crippen molar-refractivity contribution in [3.8, 4) is 0 Å². The van der Waals surface area contributed by atoms with Crippen molar-refractivity contribution in [3.05, 3.63) is 35.4 Å². The molecule has 0 amide bonds. The summed E-state index contributed by atoms with van der Waals surface area (Å²) in [5, 5.41) is 19.0. The van der Waals surface area contributed by atoms with Crippen molar-refractivity contribution in [1.29, 1.82) is 0 Å². The Kier molecular flexibility index (Phi) is 3.62. The van der Waals surface area contributed by atoms with Crippen LogP contribution in [-0.4, -0.2) is 16.2 Å². The summed E-state index contributed by atoms with van der Waals surface area (Å²) in [4.78, 5) is 11.1. The summed E-state index contributed by atoms with van der Waals surface area (Å²) in [5.41, 5.74) is 0.0370. The molecule has 0 heterocycles. The van der Waals surface area contributed by atoms with Gasteiger partial charge in [0.2, 0.25) is 0 Å². The first kappa shape index (κ1) is 13.7. The van der Waals surface area contributed by atoms with Crippen LogP contribution in [0.25, 0.3) is 0 Å². The molecule has 94 valence electrons. The maximum Gasteiger partial charge on any atom is 0.309 e. The van der Waals surface area contributed by atoms with Gasteiger partial charge < -0.3 is 10.2 Å². The van der Waals surface area contributed by atoms with Gasteiger partial charge in [0.1, 0.15) is 0 Å². The van der Waals surface area contributed by atoms with E-state index < -0.39 is 17.0 Å². The van der Waals surface area contributed by atoms with E-state index in [1.165, 1.54) is 0 Å². The van der Waals surface area contributed by atoms with E-state index in [-0.39, 0.29) is 0 Å². The highest BCUT2D eigenvalue weighted by Crippen LogP contribution is 2.25. The molecule has 0 aromatic heterocycles. The average Bonchev–Trinajstić information content (AvgIpc) is 2.15. The van der Waals surface area contributed by atoms with Crippen molar-refractivity contribution in [2.75, 3.05) is 0 Å². The number of carboxylic acid groups (broad SMARTS) is 1. The topological polar surface area (TPSA) is 57.5 Å². The van der Waals surface area contributed by atoms with Crippen LogP contribution in [0.5, 0.6) is 0 Å². The van der Waals surface area contributed by atoms with Crippen LogP contribution >= 0.6 is 0 Å². The number of benzene rings is 1. The summed E-state index contributed by atoms with van der Waals surface area (Å²) in [5.74, 6) is -0.814. The lowest BCUT2D eigenvalue weighted by Gasteiger charge is -2.22. The molecule has 1 rings (SSSR count). The molecule has 0 bridgehead atoms. The molecular formula is C14H20O3. The molecule has 3 heteroatoms. The van der Waals surface area contributed by atoms with Crippen molar-refractivity contribution in [3.63, 3.8) is 0 Å². The fraction of sp³-hybridized carbons (Fsp3) is 0.500. The monoisotopic (exact) mass is 236 g/mol. The minimum atomic E-state index is -0.899. The quantitative estimate of drug-likeness (QED) is 0.844. The second-order valence-electron chi connectivity index (χ2n) is 5.63. The molecule has 0 aliphatic heterocycles. The third-order valence-corrected chi connectivity index (χ3v) is 2.86. The zero-order valence-electron chi connectivity index (χ0n) is 10.8. The standard InChI is InChI=1S/C14H20O3/c1-13(2,12(15)16)9-10-6-5-7-11(8-10)14(3,4)17/h5-8,17H,9H2,1-4H3,(H,15,16). The van der Waals surface area contributed by atoms with Crippen molar-refractivity contribution in [2.45, 2.75) is 39.7 Å². The normalized spacial score (nSPS) is 12.5. The van der Waals surface area contributed by atoms with Gasteiger partial charge in [-0.3, -0.25) is 4.79 Å². The Labute approximate surface area is 102 Å². The van der Waals surface area contributed by atoms with Gasteiger partial charge in [0.05, 0.1) is 11.0 Å². The molecule has 17 heavy (non-hydrogen) atoms. The van der Waals surface area contributed by atoms with Gasteiger partial charge in [0.25, 0.3) is 0 Å². The maximum absolute atomic E-state index is 11.1. The Balaban J connectivity index is 2.98. The lowest BCUT2D eigenvalue weighted by Crippen LogP contribution is -2.26. The van der Waals surface area contributed by atoms with Crippen LogP contribution in [0.1, 0.15) is 38.8 Å². The van der Waals surface area contributed by atoms with E-state index in [1.54, 1.807) is 27.7 Å². The van der Waals surface area contributed by atoms with Crippen molar-refractivity contribution in [1.82, 2.24) is 0 Å². The number of rotatable bonds is 4. The molecule has 0 radical (unpaired) electrons. The van der Waals surface area contributed by atoms with Gasteiger partial charge in [-0.1, -0.05) is 24.3 Å². The van der Waals surface area contributed by atoms with Gasteiger partial charge in [-0.2, -0.15) is 0 Å². The summed E-state index contributed by atoms with van der Waals surface area (Å²) < 4.78 is 0. The number of aliphatic carboxylic acids is 1. The Hall–Kier alpha value is -1.35. The minimum Gasteiger partial charge on any atom is -0.481 e. The molecule has 0 saturated carbocycles. The van der Waals surface area contributed by atoms with Crippen molar-refractivity contribution in [2.24, 2.45) is 5.41 Å². The zero-order chi connectivity index (χ0) is 13.3. The van der Waals surface area contributed by atoms with Gasteiger partial charge in [0, 0.05) is 0 Å². The zero-order valence-corrected chi connectivity index (χ0v) is 10.8. The summed E-state index contributed by atoms with van der Waals surface area (Å²) in [7, 11) is 0. The molecule has 0 unspecified atom stereocenters. The van der Waals surface area contributed by atoms with Gasteiger partial charge >= 0.3 is 5.97 Å². The predicted octanol–water partition coefficient (Wildman–Crippen LogP) is 2.57. The highest BCUT2D eigenvalue weighted by atomic mass is 16.4. The number of carboxylic acids is 1. The Morgan fingerprint density at radius 2 is 1.82 bits per heavy atom. The Morgan fingerprint density at radius 3 is 2.29 bits per heavy atom. The van der Waals surface area contributed by atoms with E-state index in [2.05, 4.69) is 0 Å². The number of hydrogen-bond acceptors (Lipinski definition) is 2. The van der Waals surface area contributed by atoms with E-state index in [0.717, 1.165) is 11.1 Å². The molecule has 0 aliphatic carbocycles. The molecule has 0 atom stereocenters. The van der Waals surface area contributed by atoms with Crippen LogP contribution < -0.4 is 0 Å². The lowest BCUT2D eigenvalue weighted by atomic mass is 9.84. The van der Waals surface area contributed by atoms with Crippen LogP contribution in [0.4, 0.5) is 0 Å². The Morgan fingerprint density at radius 1 is 1.24 bits per heavy atom. The average molecular weight is 236 g/mol. The van der Waals surface area contributed by atoms with E-state index in [4.69, 9.17) is 5.11 Å². The molecular weight excluding hydrogens is 216 g/mol. The first-order valence-corrected chi connectivity index (χ1v) is 5.68. The lowest BCUT2D eigenvalue weighted by molar-refractivity contribution is -0.146. The molecule has 1 aromatic carbocycles. The van der Waals surface area contributed by atoms with Crippen molar-refractivity contribution >= 4 is 5.97 Å². The number of hydrogen-bond donors (Lipinski definition) is 2. The highest BCUT2D eigenvalue weighted by molar-refractivity contribution is 5.74. The van der Waals surface area contributed by atoms with E-state index in [9.17, 15) is 9.90 Å². The molecule has 0 saturated heterocycles. The smallest absolute Gasteiger partial charge is 0.309 e. The molecule has 0 spiro atoms. The first-order valence-electron chi connectivity index (χ1n) is 5.68. The van der Waals surface area contributed by atoms with Crippen LogP contribution in [0.15, 0.2) is 24.3 Å². The van der Waals surface area contributed by atoms with Crippen LogP contribution in [-0.2, 0) is 16.8 Å². The molecule has 2 N–H and O–H groups in total. The SMILES string of the molecule is CC(C)(Cc1cccc(C(C)(C)O)c1)C(=O)O. The third kappa shape index (κ3) is 3.56. The second kappa shape index (κ2) is 4.49. The van der Waals surface area contributed by atoms with E-state index in [0.29, 0.717) is 6.42 Å². The second-order valence-corrected chi connectivity index (χ2v) is 5.63. The largest absolute Gasteiger partial charge is 0.481 e. The fourth-order valence-electron chi connectivity index (χ4n) is 1.65. The van der Waals surface area contributed by atoms with Crippen LogP contribution in [0, 0.1) is 5.41 Å². The summed E-state index contributed by atoms with van der Waals surface area (Å²) >= 11 is 0. The Bertz CT molecular complexity index is 414. The number of carbonyl (C=O) groups is 1. The molecule has 0 aliphatic rings. The van der Waals surface area contributed by atoms with Gasteiger partial charge in [-0.25, -0.2) is 0 Å². The summed E-state index contributed by atoms with van der Waals surface area (Å²) in [6.07, 6.45) is 0.451. The first-order chi connectivity index (χ1) is 7.63. The fourth-order valence-corrected chi connectivity index (χ4v) is 1.65. The maximum atomic E-state index is 11.1. The molecule has 3 nitrogen and oxygen atoms in total. The van der Waals surface area contributed by atoms with E-state index >= 15 is 0 Å². The number of aliphatic hydroxyl groups is 1. The predicted molar refractivity (Wildman–Crippen MR) is 66.8 cm³/mol. The van der Waals surface area contributed by atoms with Crippen molar-refractivity contribution < 1.29 is 15.0 Å². The third-order valence-electron chi connectivity index (χ3n) is 2.86. The van der Waals surface area contributed by atoms with Crippen LogP contribution in [0.2, 0.25) is 0 Å². The minimum absolute atomic E-state index is 0.451. The summed E-state index contributed by atoms with van der Waals surface area (Å²) in [6.45, 7) is 6.83. The van der Waals surface area contributed by atoms with Gasteiger partial charge in [-0.05, 0) is 45.2 Å². The highest BCUT2D eigenvalue weighted by Gasteiger charge is 2.27. The van der Waals surface area contributed by atoms with E-state index in [1.807, 2.05) is 24.3 Å².